The minimum Gasteiger partial charge on any atom is -0.478 e. The van der Waals surface area contributed by atoms with Crippen LogP contribution in [0.2, 0.25) is 0 Å². The summed E-state index contributed by atoms with van der Waals surface area (Å²) in [6.07, 6.45) is 1.64. The lowest BCUT2D eigenvalue weighted by atomic mass is 10.2. The van der Waals surface area contributed by atoms with Crippen molar-refractivity contribution >= 4 is 39.0 Å². The van der Waals surface area contributed by atoms with E-state index >= 15 is 0 Å². The maximum atomic E-state index is 12.9. The molecule has 0 amide bonds. The zero-order valence-corrected chi connectivity index (χ0v) is 18.7. The minimum absolute atomic E-state index is 0.235. The van der Waals surface area contributed by atoms with Gasteiger partial charge in [0.2, 0.25) is 0 Å². The highest BCUT2D eigenvalue weighted by atomic mass is 79.9. The highest BCUT2D eigenvalue weighted by molar-refractivity contribution is 9.10. The third-order valence-corrected chi connectivity index (χ3v) is 5.62. The van der Waals surface area contributed by atoms with Crippen molar-refractivity contribution in [3.05, 3.63) is 91.7 Å². The van der Waals surface area contributed by atoms with Gasteiger partial charge in [0.15, 0.2) is 0 Å². The van der Waals surface area contributed by atoms with Crippen LogP contribution < -0.4 is 5.56 Å². The number of hydrogen-bond acceptors (Lipinski definition) is 4. The Bertz CT molecular complexity index is 1420. The number of halogens is 1. The second-order valence-electron chi connectivity index (χ2n) is 7.20. The highest BCUT2D eigenvalue weighted by Crippen LogP contribution is 2.21. The standard InChI is InChI=1S/C23H19BrN4O3/c1-13-10-17(14(2)27(13)19-7-4-16(5-8-19)23(30)31)12-25-28-15(3)26-21-9-6-18(24)11-20(21)22(28)29/h4-12H,1-3H3,(H,30,31). The molecule has 2 aromatic carbocycles. The van der Waals surface area contributed by atoms with Gasteiger partial charge >= 0.3 is 5.97 Å². The molecule has 7 nitrogen and oxygen atoms in total. The number of nitrogens with zero attached hydrogens (tertiary/aromatic N) is 4. The lowest BCUT2D eigenvalue weighted by molar-refractivity contribution is 0.0697. The largest absolute Gasteiger partial charge is 0.478 e. The van der Waals surface area contributed by atoms with Crippen molar-refractivity contribution in [2.24, 2.45) is 5.10 Å². The lowest BCUT2D eigenvalue weighted by Gasteiger charge is -2.10. The molecule has 0 bridgehead atoms. The van der Waals surface area contributed by atoms with E-state index in [9.17, 15) is 9.59 Å². The van der Waals surface area contributed by atoms with Gasteiger partial charge in [-0.15, -0.1) is 0 Å². The van der Waals surface area contributed by atoms with Gasteiger partial charge in [-0.2, -0.15) is 9.78 Å². The molecule has 31 heavy (non-hydrogen) atoms. The van der Waals surface area contributed by atoms with Crippen LogP contribution in [0.3, 0.4) is 0 Å². The van der Waals surface area contributed by atoms with Crippen LogP contribution in [0.15, 0.2) is 62.9 Å². The van der Waals surface area contributed by atoms with Gasteiger partial charge in [0.05, 0.1) is 22.7 Å². The Kier molecular flexibility index (Phi) is 5.32. The fourth-order valence-electron chi connectivity index (χ4n) is 3.58. The first-order chi connectivity index (χ1) is 14.8. The molecule has 4 aromatic rings. The predicted octanol–water partition coefficient (Wildman–Crippen LogP) is 4.46. The topological polar surface area (TPSA) is 89.5 Å². The van der Waals surface area contributed by atoms with Crippen LogP contribution in [-0.4, -0.2) is 31.5 Å². The third kappa shape index (κ3) is 3.82. The molecule has 0 aliphatic rings. The zero-order valence-electron chi connectivity index (χ0n) is 17.1. The number of carboxylic acid groups (broad SMARTS) is 1. The van der Waals surface area contributed by atoms with Crippen molar-refractivity contribution in [2.45, 2.75) is 20.8 Å². The zero-order chi connectivity index (χ0) is 22.3. The molecule has 0 saturated heterocycles. The molecule has 0 unspecified atom stereocenters. The van der Waals surface area contributed by atoms with Gasteiger partial charge in [0, 0.05) is 27.1 Å². The van der Waals surface area contributed by atoms with Crippen molar-refractivity contribution in [2.75, 3.05) is 0 Å². The first kappa shape index (κ1) is 20.7. The molecule has 156 valence electrons. The van der Waals surface area contributed by atoms with Crippen LogP contribution in [0, 0.1) is 20.8 Å². The van der Waals surface area contributed by atoms with E-state index in [0.717, 1.165) is 27.1 Å². The van der Waals surface area contributed by atoms with E-state index in [1.807, 2.05) is 30.5 Å². The van der Waals surface area contributed by atoms with Crippen LogP contribution in [0.5, 0.6) is 0 Å². The highest BCUT2D eigenvalue weighted by Gasteiger charge is 2.12. The Labute approximate surface area is 186 Å². The van der Waals surface area contributed by atoms with Crippen LogP contribution >= 0.6 is 15.9 Å². The van der Waals surface area contributed by atoms with Crippen LogP contribution in [-0.2, 0) is 0 Å². The molecule has 0 atom stereocenters. The van der Waals surface area contributed by atoms with E-state index in [1.165, 1.54) is 4.68 Å². The number of aromatic carboxylic acids is 1. The molecule has 0 saturated carbocycles. The number of carbonyl (C=O) groups is 1. The molecule has 0 aliphatic carbocycles. The molecule has 0 spiro atoms. The van der Waals surface area contributed by atoms with Crippen molar-refractivity contribution < 1.29 is 9.90 Å². The van der Waals surface area contributed by atoms with Gasteiger partial charge < -0.3 is 9.67 Å². The fraction of sp³-hybridized carbons (Fsp3) is 0.130. The number of benzene rings is 2. The molecule has 2 aromatic heterocycles. The van der Waals surface area contributed by atoms with E-state index in [1.54, 1.807) is 49.5 Å². The normalized spacial score (nSPS) is 11.5. The van der Waals surface area contributed by atoms with Crippen LogP contribution in [0.4, 0.5) is 0 Å². The first-order valence-corrected chi connectivity index (χ1v) is 10.3. The van der Waals surface area contributed by atoms with E-state index in [2.05, 4.69) is 26.0 Å². The molecule has 0 radical (unpaired) electrons. The van der Waals surface area contributed by atoms with E-state index < -0.39 is 5.97 Å². The number of rotatable bonds is 4. The van der Waals surface area contributed by atoms with Gasteiger partial charge in [0.1, 0.15) is 5.82 Å². The van der Waals surface area contributed by atoms with Gasteiger partial charge in [0.25, 0.3) is 5.56 Å². The maximum Gasteiger partial charge on any atom is 0.335 e. The number of aryl methyl sites for hydroxylation is 2. The molecule has 0 aliphatic heterocycles. The number of hydrogen-bond donors (Lipinski definition) is 1. The SMILES string of the molecule is Cc1cc(C=Nn2c(C)nc3ccc(Br)cc3c2=O)c(C)n1-c1ccc(C(=O)O)cc1. The first-order valence-electron chi connectivity index (χ1n) is 9.52. The molecule has 2 heterocycles. The summed E-state index contributed by atoms with van der Waals surface area (Å²) in [5.41, 5.74) is 4.21. The lowest BCUT2D eigenvalue weighted by Crippen LogP contribution is -2.20. The summed E-state index contributed by atoms with van der Waals surface area (Å²) in [4.78, 5) is 28.5. The van der Waals surface area contributed by atoms with Crippen molar-refractivity contribution in [3.63, 3.8) is 0 Å². The Morgan fingerprint density at radius 3 is 2.48 bits per heavy atom. The van der Waals surface area contributed by atoms with E-state index in [-0.39, 0.29) is 11.1 Å². The number of carboxylic acids is 1. The average molecular weight is 479 g/mol. The second kappa shape index (κ2) is 7.96. The molecule has 1 N–H and O–H groups in total. The summed E-state index contributed by atoms with van der Waals surface area (Å²) in [5.74, 6) is -0.466. The Balaban J connectivity index is 1.75. The molecule has 0 fully saturated rings. The Morgan fingerprint density at radius 1 is 1.10 bits per heavy atom. The predicted molar refractivity (Wildman–Crippen MR) is 124 cm³/mol. The average Bonchev–Trinajstić information content (AvgIpc) is 3.01. The third-order valence-electron chi connectivity index (χ3n) is 5.13. The Hall–Kier alpha value is -3.52. The number of aromatic nitrogens is 3. The molecule has 8 heteroatoms. The van der Waals surface area contributed by atoms with Crippen LogP contribution in [0.1, 0.15) is 33.1 Å². The van der Waals surface area contributed by atoms with Gasteiger partial charge in [-0.25, -0.2) is 9.78 Å². The summed E-state index contributed by atoms with van der Waals surface area (Å²) in [6.45, 7) is 5.65. The summed E-state index contributed by atoms with van der Waals surface area (Å²) in [5, 5.41) is 14.0. The maximum absolute atomic E-state index is 12.9. The van der Waals surface area contributed by atoms with E-state index in [0.29, 0.717) is 16.7 Å². The van der Waals surface area contributed by atoms with Crippen molar-refractivity contribution in [3.8, 4) is 5.69 Å². The van der Waals surface area contributed by atoms with Crippen molar-refractivity contribution in [1.29, 1.82) is 0 Å². The molecular formula is C23H19BrN4O3. The van der Waals surface area contributed by atoms with Gasteiger partial charge in [-0.3, -0.25) is 4.79 Å². The molecule has 4 rings (SSSR count). The fourth-order valence-corrected chi connectivity index (χ4v) is 3.95. The molecular weight excluding hydrogens is 460 g/mol. The minimum atomic E-state index is -0.961. The van der Waals surface area contributed by atoms with E-state index in [4.69, 9.17) is 5.11 Å². The van der Waals surface area contributed by atoms with Gasteiger partial charge in [-0.05, 0) is 69.3 Å². The van der Waals surface area contributed by atoms with Crippen LogP contribution in [0.25, 0.3) is 16.6 Å². The second-order valence-corrected chi connectivity index (χ2v) is 8.11. The monoisotopic (exact) mass is 478 g/mol. The summed E-state index contributed by atoms with van der Waals surface area (Å²) in [7, 11) is 0. The summed E-state index contributed by atoms with van der Waals surface area (Å²) >= 11 is 3.39. The van der Waals surface area contributed by atoms with Crippen molar-refractivity contribution in [1.82, 2.24) is 14.2 Å². The number of fused-ring (bicyclic) bond motifs is 1. The summed E-state index contributed by atoms with van der Waals surface area (Å²) < 4.78 is 4.11. The van der Waals surface area contributed by atoms with Gasteiger partial charge in [-0.1, -0.05) is 15.9 Å². The Morgan fingerprint density at radius 2 is 1.81 bits per heavy atom. The quantitative estimate of drug-likeness (QED) is 0.438. The smallest absolute Gasteiger partial charge is 0.335 e. The summed E-state index contributed by atoms with van der Waals surface area (Å²) in [6, 6.07) is 14.0.